The van der Waals surface area contributed by atoms with Gasteiger partial charge in [0, 0.05) is 29.7 Å². The van der Waals surface area contributed by atoms with Gasteiger partial charge in [-0.2, -0.15) is 0 Å². The van der Waals surface area contributed by atoms with E-state index < -0.39 is 8.38 Å². The Labute approximate surface area is 135 Å². The lowest BCUT2D eigenvalue weighted by Crippen LogP contribution is -2.34. The van der Waals surface area contributed by atoms with Crippen molar-refractivity contribution in [3.05, 3.63) is 29.5 Å². The first-order valence-electron chi connectivity index (χ1n) is 7.44. The fourth-order valence-electron chi connectivity index (χ4n) is 3.00. The van der Waals surface area contributed by atoms with Crippen LogP contribution < -0.4 is 4.90 Å². The van der Waals surface area contributed by atoms with Crippen molar-refractivity contribution in [2.75, 3.05) is 24.2 Å². The van der Waals surface area contributed by atoms with Gasteiger partial charge in [0.1, 0.15) is 12.1 Å². The fourth-order valence-corrected chi connectivity index (χ4v) is 3.76. The van der Waals surface area contributed by atoms with Crippen LogP contribution in [0.15, 0.2) is 24.5 Å². The zero-order chi connectivity index (χ0) is 15.5. The number of nitrogens with zero attached hydrogens (tertiary/aromatic N) is 3. The van der Waals surface area contributed by atoms with Gasteiger partial charge in [-0.15, -0.1) is 0 Å². The smallest absolute Gasteiger partial charge is 0.164 e. The number of hydrogen-bond acceptors (Lipinski definition) is 5. The zero-order valence-electron chi connectivity index (χ0n) is 12.2. The lowest BCUT2D eigenvalue weighted by molar-refractivity contribution is 0.386. The molecule has 0 amide bonds. The minimum atomic E-state index is -1.75. The molecule has 0 aliphatic carbocycles. The molecule has 1 aromatic heterocycles. The Kier molecular flexibility index (Phi) is 5.09. The Morgan fingerprint density at radius 2 is 2.00 bits per heavy atom. The first kappa shape index (κ1) is 15.9. The van der Waals surface area contributed by atoms with Crippen LogP contribution in [-0.2, 0) is 0 Å². The predicted molar refractivity (Wildman–Crippen MR) is 90.3 cm³/mol. The van der Waals surface area contributed by atoms with Crippen LogP contribution in [0.3, 0.4) is 0 Å². The molecule has 5 nitrogen and oxygen atoms in total. The molecule has 2 heterocycles. The van der Waals surface area contributed by atoms with Crippen molar-refractivity contribution in [3.63, 3.8) is 0 Å². The topological polar surface area (TPSA) is 69.5 Å². The summed E-state index contributed by atoms with van der Waals surface area (Å²) in [4.78, 5) is 29.1. The molecule has 1 aliphatic rings. The van der Waals surface area contributed by atoms with Gasteiger partial charge in [-0.1, -0.05) is 11.6 Å². The molecule has 0 unspecified atom stereocenters. The molecule has 7 heteroatoms. The molecule has 22 heavy (non-hydrogen) atoms. The third-order valence-electron chi connectivity index (χ3n) is 4.23. The van der Waals surface area contributed by atoms with Crippen molar-refractivity contribution < 1.29 is 9.79 Å². The minimum absolute atomic E-state index is 0.523. The molecule has 1 fully saturated rings. The third-order valence-corrected chi connectivity index (χ3v) is 5.12. The van der Waals surface area contributed by atoms with E-state index in [2.05, 4.69) is 14.9 Å². The molecule has 0 atom stereocenters. The molecule has 1 aliphatic heterocycles. The molecule has 2 aromatic rings. The van der Waals surface area contributed by atoms with Crippen molar-refractivity contribution in [3.8, 4) is 0 Å². The van der Waals surface area contributed by atoms with Crippen LogP contribution in [0.5, 0.6) is 0 Å². The molecule has 118 valence electrons. The van der Waals surface area contributed by atoms with E-state index >= 15 is 0 Å². The highest BCUT2D eigenvalue weighted by Crippen LogP contribution is 2.32. The molecule has 0 spiro atoms. The number of rotatable bonds is 4. The van der Waals surface area contributed by atoms with E-state index in [1.807, 2.05) is 18.2 Å². The van der Waals surface area contributed by atoms with E-state index in [0.29, 0.717) is 17.1 Å². The second-order valence-electron chi connectivity index (χ2n) is 5.67. The van der Waals surface area contributed by atoms with Crippen LogP contribution in [0, 0.1) is 5.92 Å². The van der Waals surface area contributed by atoms with E-state index in [0.717, 1.165) is 49.1 Å². The van der Waals surface area contributed by atoms with Crippen molar-refractivity contribution in [2.45, 2.75) is 19.3 Å². The minimum Gasteiger partial charge on any atom is -0.356 e. The Morgan fingerprint density at radius 1 is 1.23 bits per heavy atom. The monoisotopic (exact) mass is 339 g/mol. The summed E-state index contributed by atoms with van der Waals surface area (Å²) in [5.74, 6) is 1.54. The number of piperidine rings is 1. The first-order chi connectivity index (χ1) is 10.6. The average Bonchev–Trinajstić information content (AvgIpc) is 2.52. The van der Waals surface area contributed by atoms with E-state index in [1.165, 1.54) is 0 Å². The van der Waals surface area contributed by atoms with Gasteiger partial charge in [0.15, 0.2) is 8.38 Å². The zero-order valence-corrected chi connectivity index (χ0v) is 13.8. The summed E-state index contributed by atoms with van der Waals surface area (Å²) in [7, 11) is -1.75. The quantitative estimate of drug-likeness (QED) is 0.837. The SMILES string of the molecule is OP(O)CCC1CCN(c2ncnc3cc(Cl)ccc23)CC1. The van der Waals surface area contributed by atoms with Gasteiger partial charge >= 0.3 is 0 Å². The van der Waals surface area contributed by atoms with Crippen molar-refractivity contribution >= 4 is 36.7 Å². The lowest BCUT2D eigenvalue weighted by atomic mass is 9.94. The van der Waals surface area contributed by atoms with E-state index in [1.54, 1.807) is 6.33 Å². The second-order valence-corrected chi connectivity index (χ2v) is 7.30. The van der Waals surface area contributed by atoms with Crippen molar-refractivity contribution in [1.29, 1.82) is 0 Å². The maximum Gasteiger partial charge on any atom is 0.164 e. The van der Waals surface area contributed by atoms with Gasteiger partial charge in [0.05, 0.1) is 5.52 Å². The van der Waals surface area contributed by atoms with Gasteiger partial charge in [-0.25, -0.2) is 9.97 Å². The summed E-state index contributed by atoms with van der Waals surface area (Å²) in [5.41, 5.74) is 0.867. The maximum absolute atomic E-state index is 9.04. The number of hydrogen-bond donors (Lipinski definition) is 2. The lowest BCUT2D eigenvalue weighted by Gasteiger charge is -2.33. The van der Waals surface area contributed by atoms with Gasteiger partial charge in [0.25, 0.3) is 0 Å². The van der Waals surface area contributed by atoms with Crippen LogP contribution in [-0.4, -0.2) is 39.0 Å². The number of fused-ring (bicyclic) bond motifs is 1. The molecule has 0 bridgehead atoms. The standard InChI is InChI=1S/C15H19ClN3O2P/c16-12-1-2-13-14(9-12)17-10-18-15(13)19-6-3-11(4-7-19)5-8-22(20)21/h1-2,9-11,20-21H,3-8H2. The molecule has 2 N–H and O–H groups in total. The Bertz CT molecular complexity index is 648. The molecule has 3 rings (SSSR count). The number of halogens is 1. The Hall–Kier alpha value is -1.00. The Morgan fingerprint density at radius 3 is 2.73 bits per heavy atom. The molecule has 0 saturated carbocycles. The summed E-state index contributed by atoms with van der Waals surface area (Å²) in [5, 5.41) is 1.71. The van der Waals surface area contributed by atoms with Gasteiger partial charge < -0.3 is 14.7 Å². The summed E-state index contributed by atoms with van der Waals surface area (Å²) in [6, 6.07) is 5.71. The number of benzene rings is 1. The Balaban J connectivity index is 1.71. The molecule has 0 radical (unpaired) electrons. The highest BCUT2D eigenvalue weighted by molar-refractivity contribution is 7.45. The van der Waals surface area contributed by atoms with E-state index in [4.69, 9.17) is 21.4 Å². The fraction of sp³-hybridized carbons (Fsp3) is 0.467. The predicted octanol–water partition coefficient (Wildman–Crippen LogP) is 3.19. The number of anilines is 1. The summed E-state index contributed by atoms with van der Waals surface area (Å²) in [6.07, 6.45) is 5.12. The normalized spacial score (nSPS) is 16.6. The molecular formula is C15H19ClN3O2P. The van der Waals surface area contributed by atoms with Gasteiger partial charge in [-0.3, -0.25) is 0 Å². The first-order valence-corrected chi connectivity index (χ1v) is 9.25. The van der Waals surface area contributed by atoms with Crippen LogP contribution in [0.1, 0.15) is 19.3 Å². The highest BCUT2D eigenvalue weighted by atomic mass is 35.5. The largest absolute Gasteiger partial charge is 0.356 e. The van der Waals surface area contributed by atoms with E-state index in [9.17, 15) is 0 Å². The summed E-state index contributed by atoms with van der Waals surface area (Å²) < 4.78 is 0. The van der Waals surface area contributed by atoms with Crippen molar-refractivity contribution in [1.82, 2.24) is 9.97 Å². The van der Waals surface area contributed by atoms with Gasteiger partial charge in [-0.05, 0) is 43.4 Å². The van der Waals surface area contributed by atoms with Crippen LogP contribution in [0.4, 0.5) is 5.82 Å². The van der Waals surface area contributed by atoms with Gasteiger partial charge in [0.2, 0.25) is 0 Å². The summed E-state index contributed by atoms with van der Waals surface area (Å²) >= 11 is 6.02. The summed E-state index contributed by atoms with van der Waals surface area (Å²) in [6.45, 7) is 1.88. The molecule has 1 saturated heterocycles. The van der Waals surface area contributed by atoms with Crippen LogP contribution in [0.2, 0.25) is 5.02 Å². The number of aromatic nitrogens is 2. The maximum atomic E-state index is 9.04. The van der Waals surface area contributed by atoms with E-state index in [-0.39, 0.29) is 0 Å². The van der Waals surface area contributed by atoms with Crippen molar-refractivity contribution in [2.24, 2.45) is 5.92 Å². The van der Waals surface area contributed by atoms with Crippen LogP contribution >= 0.6 is 20.0 Å². The third kappa shape index (κ3) is 3.66. The average molecular weight is 340 g/mol. The molecular weight excluding hydrogens is 321 g/mol. The van der Waals surface area contributed by atoms with Crippen LogP contribution in [0.25, 0.3) is 10.9 Å². The highest BCUT2D eigenvalue weighted by Gasteiger charge is 2.22. The second kappa shape index (κ2) is 7.05. The molecule has 1 aromatic carbocycles.